The highest BCUT2D eigenvalue weighted by molar-refractivity contribution is 5.20. The molecule has 0 amide bonds. The highest BCUT2D eigenvalue weighted by Crippen LogP contribution is 2.35. The Morgan fingerprint density at radius 3 is 1.81 bits per heavy atom. The molecule has 0 saturated heterocycles. The van der Waals surface area contributed by atoms with Gasteiger partial charge in [-0.1, -0.05) is 58.0 Å². The summed E-state index contributed by atoms with van der Waals surface area (Å²) >= 11 is 0. The fraction of sp³-hybridized carbons (Fsp3) is 0.600. The summed E-state index contributed by atoms with van der Waals surface area (Å²) in [5, 5.41) is 9.65. The molecule has 0 heterocycles. The summed E-state index contributed by atoms with van der Waals surface area (Å²) in [6.07, 6.45) is 0. The van der Waals surface area contributed by atoms with Crippen molar-refractivity contribution in [1.29, 1.82) is 0 Å². The Morgan fingerprint density at radius 1 is 0.938 bits per heavy atom. The van der Waals surface area contributed by atoms with E-state index < -0.39 is 0 Å². The summed E-state index contributed by atoms with van der Waals surface area (Å²) in [6.45, 7) is 9.23. The lowest BCUT2D eigenvalue weighted by Gasteiger charge is -2.32. The highest BCUT2D eigenvalue weighted by atomic mass is 16.3. The SMILES string of the molecule is CC(C)C(C(C)C)C(CO)c1ccccc1. The largest absolute Gasteiger partial charge is 0.396 e. The second kappa shape index (κ2) is 6.05. The van der Waals surface area contributed by atoms with Crippen molar-refractivity contribution >= 4 is 0 Å². The van der Waals surface area contributed by atoms with Gasteiger partial charge in [0, 0.05) is 5.92 Å². The Labute approximate surface area is 99.5 Å². The number of hydrogen-bond acceptors (Lipinski definition) is 1. The Balaban J connectivity index is 2.96. The van der Waals surface area contributed by atoms with Crippen LogP contribution in [0.5, 0.6) is 0 Å². The third kappa shape index (κ3) is 3.08. The predicted octanol–water partition coefficient (Wildman–Crippen LogP) is 3.69. The topological polar surface area (TPSA) is 20.2 Å². The summed E-state index contributed by atoms with van der Waals surface area (Å²) < 4.78 is 0. The van der Waals surface area contributed by atoms with Crippen molar-refractivity contribution in [3.63, 3.8) is 0 Å². The molecule has 1 aromatic rings. The molecule has 0 saturated carbocycles. The first-order valence-electron chi connectivity index (χ1n) is 6.23. The number of rotatable bonds is 5. The number of aliphatic hydroxyl groups excluding tert-OH is 1. The fourth-order valence-electron chi connectivity index (χ4n) is 2.85. The Morgan fingerprint density at radius 2 is 1.44 bits per heavy atom. The average molecular weight is 220 g/mol. The van der Waals surface area contributed by atoms with Crippen LogP contribution in [0.4, 0.5) is 0 Å². The van der Waals surface area contributed by atoms with Gasteiger partial charge in [-0.05, 0) is 23.3 Å². The van der Waals surface area contributed by atoms with Gasteiger partial charge in [0.05, 0.1) is 6.61 Å². The van der Waals surface area contributed by atoms with Gasteiger partial charge in [-0.3, -0.25) is 0 Å². The van der Waals surface area contributed by atoms with Gasteiger partial charge in [0.2, 0.25) is 0 Å². The van der Waals surface area contributed by atoms with E-state index in [0.29, 0.717) is 17.8 Å². The van der Waals surface area contributed by atoms with Gasteiger partial charge in [-0.25, -0.2) is 0 Å². The molecule has 1 nitrogen and oxygen atoms in total. The first-order valence-corrected chi connectivity index (χ1v) is 6.23. The first-order chi connectivity index (χ1) is 7.57. The minimum absolute atomic E-state index is 0.241. The van der Waals surface area contributed by atoms with Crippen LogP contribution in [0, 0.1) is 17.8 Å². The lowest BCUT2D eigenvalue weighted by atomic mass is 9.73. The van der Waals surface area contributed by atoms with E-state index in [9.17, 15) is 5.11 Å². The van der Waals surface area contributed by atoms with E-state index in [1.807, 2.05) is 6.07 Å². The maximum Gasteiger partial charge on any atom is 0.0502 e. The molecule has 1 heteroatoms. The van der Waals surface area contributed by atoms with Crippen LogP contribution in [0.3, 0.4) is 0 Å². The third-order valence-corrected chi connectivity index (χ3v) is 3.43. The summed E-state index contributed by atoms with van der Waals surface area (Å²) in [4.78, 5) is 0. The third-order valence-electron chi connectivity index (χ3n) is 3.43. The average Bonchev–Trinajstić information content (AvgIpc) is 2.25. The number of hydrogen-bond donors (Lipinski definition) is 1. The molecule has 0 aliphatic carbocycles. The number of benzene rings is 1. The second-order valence-electron chi connectivity index (χ2n) is 5.27. The normalized spacial score (nSPS) is 13.8. The molecule has 1 aromatic carbocycles. The van der Waals surface area contributed by atoms with Gasteiger partial charge in [0.1, 0.15) is 0 Å². The van der Waals surface area contributed by atoms with Crippen molar-refractivity contribution in [2.45, 2.75) is 33.6 Å². The Bertz CT molecular complexity index is 282. The van der Waals surface area contributed by atoms with E-state index in [2.05, 4.69) is 52.0 Å². The zero-order valence-corrected chi connectivity index (χ0v) is 10.9. The van der Waals surface area contributed by atoms with Crippen molar-refractivity contribution in [2.24, 2.45) is 17.8 Å². The van der Waals surface area contributed by atoms with Crippen LogP contribution in [-0.4, -0.2) is 11.7 Å². The molecule has 0 aliphatic heterocycles. The van der Waals surface area contributed by atoms with Gasteiger partial charge in [0.25, 0.3) is 0 Å². The summed E-state index contributed by atoms with van der Waals surface area (Å²) in [5.74, 6) is 1.99. The molecule has 0 aliphatic rings. The molecular weight excluding hydrogens is 196 g/mol. The second-order valence-corrected chi connectivity index (χ2v) is 5.27. The van der Waals surface area contributed by atoms with Crippen molar-refractivity contribution in [3.8, 4) is 0 Å². The molecule has 0 fully saturated rings. The maximum absolute atomic E-state index is 9.65. The Kier molecular flexibility index (Phi) is 5.01. The standard InChI is InChI=1S/C15H24O/c1-11(2)15(12(3)4)14(10-16)13-8-6-5-7-9-13/h5-9,11-12,14-16H,10H2,1-4H3. The van der Waals surface area contributed by atoms with E-state index in [-0.39, 0.29) is 12.5 Å². The van der Waals surface area contributed by atoms with E-state index in [4.69, 9.17) is 0 Å². The van der Waals surface area contributed by atoms with E-state index in [1.165, 1.54) is 5.56 Å². The van der Waals surface area contributed by atoms with Crippen molar-refractivity contribution in [1.82, 2.24) is 0 Å². The van der Waals surface area contributed by atoms with Gasteiger partial charge in [0.15, 0.2) is 0 Å². The maximum atomic E-state index is 9.65. The molecule has 16 heavy (non-hydrogen) atoms. The molecule has 1 rings (SSSR count). The molecule has 90 valence electrons. The van der Waals surface area contributed by atoms with Crippen molar-refractivity contribution < 1.29 is 5.11 Å². The highest BCUT2D eigenvalue weighted by Gasteiger charge is 2.27. The molecule has 0 bridgehead atoms. The van der Waals surface area contributed by atoms with Crippen LogP contribution in [0.2, 0.25) is 0 Å². The smallest absolute Gasteiger partial charge is 0.0502 e. The zero-order valence-electron chi connectivity index (χ0n) is 10.9. The summed E-state index contributed by atoms with van der Waals surface area (Å²) in [6, 6.07) is 10.4. The monoisotopic (exact) mass is 220 g/mol. The molecular formula is C15H24O. The van der Waals surface area contributed by atoms with Crippen LogP contribution in [0.15, 0.2) is 30.3 Å². The minimum atomic E-state index is 0.241. The number of aliphatic hydroxyl groups is 1. The summed E-state index contributed by atoms with van der Waals surface area (Å²) in [7, 11) is 0. The predicted molar refractivity (Wildman–Crippen MR) is 69.4 cm³/mol. The van der Waals surface area contributed by atoms with Gasteiger partial charge in [-0.15, -0.1) is 0 Å². The van der Waals surface area contributed by atoms with Crippen LogP contribution < -0.4 is 0 Å². The van der Waals surface area contributed by atoms with E-state index in [1.54, 1.807) is 0 Å². The van der Waals surface area contributed by atoms with E-state index in [0.717, 1.165) is 0 Å². The molecule has 1 N–H and O–H groups in total. The van der Waals surface area contributed by atoms with Crippen LogP contribution in [0.25, 0.3) is 0 Å². The van der Waals surface area contributed by atoms with E-state index >= 15 is 0 Å². The zero-order chi connectivity index (χ0) is 12.1. The van der Waals surface area contributed by atoms with Gasteiger partial charge >= 0.3 is 0 Å². The van der Waals surface area contributed by atoms with Gasteiger partial charge < -0.3 is 5.11 Å². The fourth-order valence-corrected chi connectivity index (χ4v) is 2.85. The van der Waals surface area contributed by atoms with Crippen molar-refractivity contribution in [2.75, 3.05) is 6.61 Å². The van der Waals surface area contributed by atoms with Crippen LogP contribution >= 0.6 is 0 Å². The molecule has 1 unspecified atom stereocenters. The van der Waals surface area contributed by atoms with Crippen LogP contribution in [0.1, 0.15) is 39.2 Å². The molecule has 1 atom stereocenters. The van der Waals surface area contributed by atoms with Crippen LogP contribution in [-0.2, 0) is 0 Å². The summed E-state index contributed by atoms with van der Waals surface area (Å²) in [5.41, 5.74) is 1.26. The van der Waals surface area contributed by atoms with Crippen molar-refractivity contribution in [3.05, 3.63) is 35.9 Å². The minimum Gasteiger partial charge on any atom is -0.396 e. The first kappa shape index (κ1) is 13.2. The molecule has 0 spiro atoms. The Hall–Kier alpha value is -0.820. The quantitative estimate of drug-likeness (QED) is 0.802. The lowest BCUT2D eigenvalue weighted by Crippen LogP contribution is -2.26. The molecule has 0 radical (unpaired) electrons. The molecule has 0 aromatic heterocycles. The van der Waals surface area contributed by atoms with Gasteiger partial charge in [-0.2, -0.15) is 0 Å². The lowest BCUT2D eigenvalue weighted by molar-refractivity contribution is 0.161.